The maximum Gasteiger partial charge on any atom is 0.255 e. The zero-order valence-electron chi connectivity index (χ0n) is 11.1. The summed E-state index contributed by atoms with van der Waals surface area (Å²) < 4.78 is 10.2. The number of rotatable bonds is 4. The zero-order chi connectivity index (χ0) is 14.5. The van der Waals surface area contributed by atoms with Crippen LogP contribution in [-0.2, 0) is 0 Å². The van der Waals surface area contributed by atoms with Crippen molar-refractivity contribution >= 4 is 11.6 Å². The van der Waals surface area contributed by atoms with Gasteiger partial charge >= 0.3 is 0 Å². The van der Waals surface area contributed by atoms with E-state index in [0.29, 0.717) is 17.2 Å². The molecular formula is C14H14N2O4. The van der Waals surface area contributed by atoms with E-state index in [2.05, 4.69) is 10.3 Å². The predicted molar refractivity (Wildman–Crippen MR) is 74.6 cm³/mol. The number of hydrogen-bond acceptors (Lipinski definition) is 4. The number of benzene rings is 1. The minimum Gasteiger partial charge on any atom is -0.497 e. The molecule has 6 nitrogen and oxygen atoms in total. The number of H-pyrrole nitrogens is 1. The van der Waals surface area contributed by atoms with Crippen LogP contribution in [0, 0.1) is 0 Å². The lowest BCUT2D eigenvalue weighted by atomic mass is 10.2. The van der Waals surface area contributed by atoms with Crippen LogP contribution in [-0.4, -0.2) is 25.1 Å². The Balaban J connectivity index is 2.25. The van der Waals surface area contributed by atoms with Gasteiger partial charge in [-0.25, -0.2) is 0 Å². The molecule has 1 amide bonds. The Bertz CT molecular complexity index is 657. The van der Waals surface area contributed by atoms with Crippen LogP contribution in [0.15, 0.2) is 41.3 Å². The van der Waals surface area contributed by atoms with Crippen molar-refractivity contribution in [3.63, 3.8) is 0 Å². The summed E-state index contributed by atoms with van der Waals surface area (Å²) in [5.74, 6) is 0.738. The van der Waals surface area contributed by atoms with E-state index in [9.17, 15) is 9.59 Å². The molecule has 1 heterocycles. The molecule has 2 N–H and O–H groups in total. The fourth-order valence-electron chi connectivity index (χ4n) is 1.67. The Hall–Kier alpha value is -2.76. The lowest BCUT2D eigenvalue weighted by Gasteiger charge is -2.09. The molecule has 0 bridgehead atoms. The minimum absolute atomic E-state index is 0.274. The SMILES string of the molecule is COc1cc(NC(=O)c2cc[nH]c(=O)c2)cc(OC)c1. The molecule has 0 saturated heterocycles. The van der Waals surface area contributed by atoms with Gasteiger partial charge in [-0.1, -0.05) is 0 Å². The molecule has 0 aliphatic heterocycles. The number of carbonyl (C=O) groups excluding carboxylic acids is 1. The highest BCUT2D eigenvalue weighted by Crippen LogP contribution is 2.25. The molecule has 0 spiro atoms. The van der Waals surface area contributed by atoms with Crippen LogP contribution in [0.4, 0.5) is 5.69 Å². The number of methoxy groups -OCH3 is 2. The molecule has 0 radical (unpaired) electrons. The summed E-state index contributed by atoms with van der Waals surface area (Å²) in [6.45, 7) is 0. The third-order valence-electron chi connectivity index (χ3n) is 2.65. The summed E-state index contributed by atoms with van der Waals surface area (Å²) in [4.78, 5) is 25.6. The van der Waals surface area contributed by atoms with E-state index in [0.717, 1.165) is 0 Å². The summed E-state index contributed by atoms with van der Waals surface area (Å²) in [6, 6.07) is 7.77. The topological polar surface area (TPSA) is 80.4 Å². The van der Waals surface area contributed by atoms with Crippen molar-refractivity contribution in [3.05, 3.63) is 52.4 Å². The van der Waals surface area contributed by atoms with Gasteiger partial charge in [0.1, 0.15) is 11.5 Å². The smallest absolute Gasteiger partial charge is 0.255 e. The first-order valence-corrected chi connectivity index (χ1v) is 5.85. The third kappa shape index (κ3) is 3.17. The molecule has 0 atom stereocenters. The maximum absolute atomic E-state index is 12.0. The molecule has 2 rings (SSSR count). The summed E-state index contributed by atoms with van der Waals surface area (Å²) in [7, 11) is 3.05. The van der Waals surface area contributed by atoms with Gasteiger partial charge in [-0.05, 0) is 6.07 Å². The van der Waals surface area contributed by atoms with E-state index in [-0.39, 0.29) is 17.0 Å². The van der Waals surface area contributed by atoms with E-state index >= 15 is 0 Å². The molecule has 0 fully saturated rings. The molecule has 20 heavy (non-hydrogen) atoms. The van der Waals surface area contributed by atoms with E-state index in [1.165, 1.54) is 32.5 Å². The van der Waals surface area contributed by atoms with Crippen LogP contribution in [0.2, 0.25) is 0 Å². The summed E-state index contributed by atoms with van der Waals surface area (Å²) >= 11 is 0. The highest BCUT2D eigenvalue weighted by atomic mass is 16.5. The van der Waals surface area contributed by atoms with Crippen LogP contribution < -0.4 is 20.3 Å². The van der Waals surface area contributed by atoms with Crippen LogP contribution in [0.1, 0.15) is 10.4 Å². The first kappa shape index (κ1) is 13.7. The molecule has 6 heteroatoms. The first-order valence-electron chi connectivity index (χ1n) is 5.85. The van der Waals surface area contributed by atoms with Crippen LogP contribution in [0.5, 0.6) is 11.5 Å². The molecule has 2 aromatic rings. The summed E-state index contributed by atoms with van der Waals surface area (Å²) in [6.07, 6.45) is 1.42. The molecular weight excluding hydrogens is 260 g/mol. The Kier molecular flexibility index (Phi) is 4.05. The average molecular weight is 274 g/mol. The molecule has 104 valence electrons. The fraction of sp³-hybridized carbons (Fsp3) is 0.143. The van der Waals surface area contributed by atoms with Gasteiger partial charge in [-0.15, -0.1) is 0 Å². The highest BCUT2D eigenvalue weighted by Gasteiger charge is 2.08. The third-order valence-corrected chi connectivity index (χ3v) is 2.65. The van der Waals surface area contributed by atoms with E-state index in [1.807, 2.05) is 0 Å². The molecule has 1 aromatic heterocycles. The van der Waals surface area contributed by atoms with Gasteiger partial charge < -0.3 is 19.8 Å². The van der Waals surface area contributed by atoms with Crippen molar-refractivity contribution in [1.29, 1.82) is 0 Å². The number of carbonyl (C=O) groups is 1. The first-order chi connectivity index (χ1) is 9.62. The van der Waals surface area contributed by atoms with Crippen molar-refractivity contribution in [2.24, 2.45) is 0 Å². The second kappa shape index (κ2) is 5.92. The average Bonchev–Trinajstić information content (AvgIpc) is 2.46. The Morgan fingerprint density at radius 1 is 1.10 bits per heavy atom. The van der Waals surface area contributed by atoms with Crippen molar-refractivity contribution < 1.29 is 14.3 Å². The van der Waals surface area contributed by atoms with Crippen molar-refractivity contribution in [1.82, 2.24) is 4.98 Å². The second-order valence-electron chi connectivity index (χ2n) is 4.00. The number of anilines is 1. The van der Waals surface area contributed by atoms with Gasteiger partial charge in [-0.3, -0.25) is 9.59 Å². The van der Waals surface area contributed by atoms with Gasteiger partial charge in [0.15, 0.2) is 0 Å². The predicted octanol–water partition coefficient (Wildman–Crippen LogP) is 1.64. The van der Waals surface area contributed by atoms with Gasteiger partial charge in [0.25, 0.3) is 5.91 Å². The van der Waals surface area contributed by atoms with Gasteiger partial charge in [-0.2, -0.15) is 0 Å². The standard InChI is InChI=1S/C14H14N2O4/c1-19-11-6-10(7-12(8-11)20-2)16-14(18)9-3-4-15-13(17)5-9/h3-8H,1-2H3,(H,15,17)(H,16,18). The number of aromatic amines is 1. The Morgan fingerprint density at radius 3 is 2.30 bits per heavy atom. The molecule has 0 aliphatic rings. The van der Waals surface area contributed by atoms with Gasteiger partial charge in [0.2, 0.25) is 5.56 Å². The normalized spacial score (nSPS) is 9.90. The van der Waals surface area contributed by atoms with Crippen LogP contribution in [0.3, 0.4) is 0 Å². The van der Waals surface area contributed by atoms with E-state index < -0.39 is 0 Å². The number of amides is 1. The summed E-state index contributed by atoms with van der Waals surface area (Å²) in [5.41, 5.74) is 0.461. The fourth-order valence-corrected chi connectivity index (χ4v) is 1.67. The van der Waals surface area contributed by atoms with Crippen molar-refractivity contribution in [2.45, 2.75) is 0 Å². The van der Waals surface area contributed by atoms with Crippen molar-refractivity contribution in [2.75, 3.05) is 19.5 Å². The van der Waals surface area contributed by atoms with E-state index in [4.69, 9.17) is 9.47 Å². The zero-order valence-corrected chi connectivity index (χ0v) is 11.1. The number of hydrogen-bond donors (Lipinski definition) is 2. The molecule has 0 saturated carbocycles. The Labute approximate surface area is 115 Å². The monoisotopic (exact) mass is 274 g/mol. The van der Waals surface area contributed by atoms with Crippen LogP contribution >= 0.6 is 0 Å². The van der Waals surface area contributed by atoms with Crippen LogP contribution in [0.25, 0.3) is 0 Å². The number of aromatic nitrogens is 1. The molecule has 0 aliphatic carbocycles. The van der Waals surface area contributed by atoms with Crippen molar-refractivity contribution in [3.8, 4) is 11.5 Å². The lowest BCUT2D eigenvalue weighted by molar-refractivity contribution is 0.102. The summed E-state index contributed by atoms with van der Waals surface area (Å²) in [5, 5.41) is 2.68. The maximum atomic E-state index is 12.0. The quantitative estimate of drug-likeness (QED) is 0.888. The second-order valence-corrected chi connectivity index (χ2v) is 4.00. The van der Waals surface area contributed by atoms with Gasteiger partial charge in [0, 0.05) is 41.7 Å². The largest absolute Gasteiger partial charge is 0.497 e. The Morgan fingerprint density at radius 2 is 1.75 bits per heavy atom. The number of ether oxygens (including phenoxy) is 2. The minimum atomic E-state index is -0.383. The van der Waals surface area contributed by atoms with Gasteiger partial charge in [0.05, 0.1) is 14.2 Å². The lowest BCUT2D eigenvalue weighted by Crippen LogP contribution is -2.15. The number of pyridine rings is 1. The van der Waals surface area contributed by atoms with E-state index in [1.54, 1.807) is 18.2 Å². The number of nitrogens with one attached hydrogen (secondary N) is 2. The molecule has 1 aromatic carbocycles. The molecule has 0 unspecified atom stereocenters. The highest BCUT2D eigenvalue weighted by molar-refractivity contribution is 6.04.